The number of hydrogen-bond acceptors (Lipinski definition) is 4. The lowest BCUT2D eigenvalue weighted by Gasteiger charge is -2.13. The van der Waals surface area contributed by atoms with E-state index in [0.717, 1.165) is 24.2 Å². The van der Waals surface area contributed by atoms with Gasteiger partial charge in [0.2, 0.25) is 0 Å². The van der Waals surface area contributed by atoms with Gasteiger partial charge in [0.1, 0.15) is 5.56 Å². The zero-order chi connectivity index (χ0) is 13.6. The lowest BCUT2D eigenvalue weighted by atomic mass is 10.2. The van der Waals surface area contributed by atoms with Gasteiger partial charge in [-0.25, -0.2) is 9.50 Å². The summed E-state index contributed by atoms with van der Waals surface area (Å²) in [5, 5.41) is 16.3. The average molecular weight is 260 g/mol. The first-order valence-electron chi connectivity index (χ1n) is 6.30. The second-order valence-corrected chi connectivity index (χ2v) is 5.23. The van der Waals surface area contributed by atoms with Crippen molar-refractivity contribution >= 4 is 11.6 Å². The third-order valence-electron chi connectivity index (χ3n) is 3.56. The van der Waals surface area contributed by atoms with Crippen LogP contribution in [0.5, 0.6) is 0 Å². The summed E-state index contributed by atoms with van der Waals surface area (Å²) in [5.74, 6) is -0.223. The van der Waals surface area contributed by atoms with Crippen LogP contribution >= 0.6 is 0 Å². The number of aliphatic hydroxyl groups is 1. The second kappa shape index (κ2) is 4.03. The molecule has 1 saturated carbocycles. The molecule has 3 rings (SSSR count). The van der Waals surface area contributed by atoms with Crippen molar-refractivity contribution in [3.63, 3.8) is 0 Å². The minimum atomic E-state index is -0.426. The molecule has 1 aliphatic rings. The van der Waals surface area contributed by atoms with Gasteiger partial charge in [-0.1, -0.05) is 0 Å². The van der Waals surface area contributed by atoms with Gasteiger partial charge in [-0.3, -0.25) is 4.79 Å². The third-order valence-corrected chi connectivity index (χ3v) is 3.56. The highest BCUT2D eigenvalue weighted by Crippen LogP contribution is 2.34. The third kappa shape index (κ3) is 1.98. The number of aryl methyl sites for hydroxylation is 2. The van der Waals surface area contributed by atoms with Crippen LogP contribution in [0.15, 0.2) is 12.3 Å². The lowest BCUT2D eigenvalue weighted by Crippen LogP contribution is -2.39. The maximum Gasteiger partial charge on any atom is 0.257 e. The molecule has 19 heavy (non-hydrogen) atoms. The van der Waals surface area contributed by atoms with Crippen LogP contribution in [0, 0.1) is 13.8 Å². The first kappa shape index (κ1) is 12.1. The first-order valence-corrected chi connectivity index (χ1v) is 6.30. The number of carbonyl (C=O) groups excluding carboxylic acids is 1. The van der Waals surface area contributed by atoms with Gasteiger partial charge in [-0.15, -0.1) is 0 Å². The van der Waals surface area contributed by atoms with Crippen molar-refractivity contribution in [3.05, 3.63) is 29.2 Å². The zero-order valence-electron chi connectivity index (χ0n) is 11.0. The van der Waals surface area contributed by atoms with E-state index in [9.17, 15) is 9.90 Å². The van der Waals surface area contributed by atoms with Gasteiger partial charge in [0.15, 0.2) is 5.65 Å². The Bertz CT molecular complexity index is 658. The van der Waals surface area contributed by atoms with Crippen molar-refractivity contribution in [3.8, 4) is 0 Å². The largest absolute Gasteiger partial charge is 0.394 e. The van der Waals surface area contributed by atoms with Crippen LogP contribution in [0.1, 0.15) is 34.6 Å². The zero-order valence-corrected chi connectivity index (χ0v) is 11.0. The number of aromatic nitrogens is 3. The van der Waals surface area contributed by atoms with Gasteiger partial charge in [0, 0.05) is 11.4 Å². The number of nitrogens with one attached hydrogen (secondary N) is 1. The molecule has 0 saturated heterocycles. The molecule has 6 nitrogen and oxygen atoms in total. The minimum absolute atomic E-state index is 0.0244. The molecule has 0 bridgehead atoms. The fourth-order valence-electron chi connectivity index (χ4n) is 2.21. The molecule has 1 aliphatic carbocycles. The van der Waals surface area contributed by atoms with E-state index >= 15 is 0 Å². The van der Waals surface area contributed by atoms with Gasteiger partial charge in [0.25, 0.3) is 5.91 Å². The molecular weight excluding hydrogens is 244 g/mol. The van der Waals surface area contributed by atoms with Crippen molar-refractivity contribution in [1.82, 2.24) is 19.9 Å². The predicted molar refractivity (Wildman–Crippen MR) is 69.0 cm³/mol. The summed E-state index contributed by atoms with van der Waals surface area (Å²) < 4.78 is 1.65. The maximum atomic E-state index is 12.2. The predicted octanol–water partition coefficient (Wildman–Crippen LogP) is 0.601. The number of fused-ring (bicyclic) bond motifs is 1. The molecule has 1 fully saturated rings. The van der Waals surface area contributed by atoms with Gasteiger partial charge >= 0.3 is 0 Å². The first-order chi connectivity index (χ1) is 9.04. The molecule has 2 heterocycles. The van der Waals surface area contributed by atoms with Crippen LogP contribution < -0.4 is 5.32 Å². The molecule has 1 amide bonds. The number of aliphatic hydroxyl groups excluding tert-OH is 1. The highest BCUT2D eigenvalue weighted by Gasteiger charge is 2.43. The van der Waals surface area contributed by atoms with Gasteiger partial charge in [-0.2, -0.15) is 5.10 Å². The summed E-state index contributed by atoms with van der Waals surface area (Å²) in [4.78, 5) is 16.6. The number of hydrogen-bond donors (Lipinski definition) is 2. The van der Waals surface area contributed by atoms with Crippen molar-refractivity contribution in [2.75, 3.05) is 6.61 Å². The van der Waals surface area contributed by atoms with Crippen molar-refractivity contribution < 1.29 is 9.90 Å². The standard InChI is InChI=1S/C13H16N4O2/c1-8-5-9(2)17-11(15-8)10(6-14-17)12(19)16-13(7-18)3-4-13/h5-6,18H,3-4,7H2,1-2H3,(H,16,19). The fourth-order valence-corrected chi connectivity index (χ4v) is 2.21. The highest BCUT2D eigenvalue weighted by molar-refractivity contribution is 6.00. The van der Waals surface area contributed by atoms with E-state index in [0.29, 0.717) is 11.2 Å². The van der Waals surface area contributed by atoms with Crippen molar-refractivity contribution in [1.29, 1.82) is 0 Å². The quantitative estimate of drug-likeness (QED) is 0.847. The minimum Gasteiger partial charge on any atom is -0.394 e. The molecule has 0 aromatic carbocycles. The van der Waals surface area contributed by atoms with E-state index in [1.54, 1.807) is 4.52 Å². The van der Waals surface area contributed by atoms with Gasteiger partial charge in [0.05, 0.1) is 18.3 Å². The summed E-state index contributed by atoms with van der Waals surface area (Å²) in [6.07, 6.45) is 3.16. The Kier molecular flexibility index (Phi) is 2.56. The normalized spacial score (nSPS) is 16.6. The molecule has 100 valence electrons. The Hall–Kier alpha value is -1.95. The summed E-state index contributed by atoms with van der Waals surface area (Å²) >= 11 is 0. The highest BCUT2D eigenvalue weighted by atomic mass is 16.3. The molecule has 0 aliphatic heterocycles. The Balaban J connectivity index is 1.99. The molecule has 0 radical (unpaired) electrons. The Labute approximate surface area is 110 Å². The van der Waals surface area contributed by atoms with Crippen LogP contribution in [-0.4, -0.2) is 37.8 Å². The average Bonchev–Trinajstić information content (AvgIpc) is 2.99. The summed E-state index contributed by atoms with van der Waals surface area (Å²) in [5.41, 5.74) is 2.37. The topological polar surface area (TPSA) is 79.5 Å². The molecule has 2 N–H and O–H groups in total. The number of rotatable bonds is 3. The maximum absolute atomic E-state index is 12.2. The monoisotopic (exact) mass is 260 g/mol. The molecule has 0 spiro atoms. The van der Waals surface area contributed by atoms with Crippen LogP contribution in [0.2, 0.25) is 0 Å². The van der Waals surface area contributed by atoms with E-state index in [1.807, 2.05) is 19.9 Å². The smallest absolute Gasteiger partial charge is 0.257 e. The van der Waals surface area contributed by atoms with E-state index in [4.69, 9.17) is 0 Å². The van der Waals surface area contributed by atoms with E-state index < -0.39 is 5.54 Å². The van der Waals surface area contributed by atoms with E-state index in [1.165, 1.54) is 6.20 Å². The number of amides is 1. The molecule has 2 aromatic rings. The Morgan fingerprint density at radius 3 is 2.89 bits per heavy atom. The van der Waals surface area contributed by atoms with Crippen molar-refractivity contribution in [2.45, 2.75) is 32.2 Å². The van der Waals surface area contributed by atoms with E-state index in [-0.39, 0.29) is 12.5 Å². The van der Waals surface area contributed by atoms with Crippen LogP contribution in [-0.2, 0) is 0 Å². The Morgan fingerprint density at radius 2 is 2.26 bits per heavy atom. The SMILES string of the molecule is Cc1cc(C)n2ncc(C(=O)NC3(CO)CC3)c2n1. The fraction of sp³-hybridized carbons (Fsp3) is 0.462. The summed E-state index contributed by atoms with van der Waals surface area (Å²) in [6.45, 7) is 3.79. The number of nitrogens with zero attached hydrogens (tertiary/aromatic N) is 3. The Morgan fingerprint density at radius 1 is 1.53 bits per heavy atom. The van der Waals surface area contributed by atoms with Gasteiger partial charge in [-0.05, 0) is 32.8 Å². The van der Waals surface area contributed by atoms with Crippen LogP contribution in [0.3, 0.4) is 0 Å². The van der Waals surface area contributed by atoms with Crippen LogP contribution in [0.25, 0.3) is 5.65 Å². The van der Waals surface area contributed by atoms with Crippen molar-refractivity contribution in [2.24, 2.45) is 0 Å². The number of carbonyl (C=O) groups is 1. The summed E-state index contributed by atoms with van der Waals surface area (Å²) in [6, 6.07) is 1.91. The summed E-state index contributed by atoms with van der Waals surface area (Å²) in [7, 11) is 0. The molecule has 6 heteroatoms. The van der Waals surface area contributed by atoms with Crippen LogP contribution in [0.4, 0.5) is 0 Å². The van der Waals surface area contributed by atoms with E-state index in [2.05, 4.69) is 15.4 Å². The lowest BCUT2D eigenvalue weighted by molar-refractivity contribution is 0.0908. The molecule has 0 atom stereocenters. The second-order valence-electron chi connectivity index (χ2n) is 5.23. The molecular formula is C13H16N4O2. The molecule has 0 unspecified atom stereocenters. The van der Waals surface area contributed by atoms with Gasteiger partial charge < -0.3 is 10.4 Å². The molecule has 2 aromatic heterocycles.